The van der Waals surface area contributed by atoms with Crippen LogP contribution in [0.4, 0.5) is 0 Å². The Morgan fingerprint density at radius 2 is 2.31 bits per heavy atom. The fraction of sp³-hybridized carbons (Fsp3) is 0.364. The van der Waals surface area contributed by atoms with E-state index in [0.717, 1.165) is 19.6 Å². The van der Waals surface area contributed by atoms with Crippen LogP contribution in [0.15, 0.2) is 23.2 Å². The minimum Gasteiger partial charge on any atom is -0.376 e. The number of nitrogens with zero attached hydrogens (tertiary/aromatic N) is 1. The molecule has 0 aliphatic carbocycles. The second-order valence-corrected chi connectivity index (χ2v) is 3.29. The van der Waals surface area contributed by atoms with Gasteiger partial charge < -0.3 is 4.74 Å². The molecule has 1 heterocycles. The van der Waals surface area contributed by atoms with E-state index in [9.17, 15) is 0 Å². The summed E-state index contributed by atoms with van der Waals surface area (Å²) in [6.07, 6.45) is 1.03. The smallest absolute Gasteiger partial charge is 0.0719 e. The van der Waals surface area contributed by atoms with Crippen LogP contribution < -0.4 is 0 Å². The van der Waals surface area contributed by atoms with Crippen LogP contribution in [0.5, 0.6) is 0 Å². The third kappa shape index (κ3) is 1.78. The lowest BCUT2D eigenvalue weighted by molar-refractivity contribution is 0.110. The first-order valence-electron chi connectivity index (χ1n) is 4.51. The molecule has 2 nitrogen and oxygen atoms in total. The molecule has 13 heavy (non-hydrogen) atoms. The molecule has 0 unspecified atom stereocenters. The first kappa shape index (κ1) is 8.45. The molecule has 2 rings (SSSR count). The van der Waals surface area contributed by atoms with Gasteiger partial charge in [0.1, 0.15) is 0 Å². The molecule has 1 aromatic carbocycles. The van der Waals surface area contributed by atoms with Gasteiger partial charge in [0.25, 0.3) is 0 Å². The average molecular weight is 175 g/mol. The van der Waals surface area contributed by atoms with Crippen LogP contribution >= 0.6 is 0 Å². The van der Waals surface area contributed by atoms with Crippen LogP contribution in [-0.2, 0) is 24.3 Å². The zero-order valence-electron chi connectivity index (χ0n) is 7.62. The van der Waals surface area contributed by atoms with Gasteiger partial charge in [0.2, 0.25) is 0 Å². The number of hydrogen-bond donors (Lipinski definition) is 0. The van der Waals surface area contributed by atoms with Gasteiger partial charge in [0, 0.05) is 0 Å². The van der Waals surface area contributed by atoms with Crippen LogP contribution in [-0.4, -0.2) is 13.3 Å². The summed E-state index contributed by atoms with van der Waals surface area (Å²) >= 11 is 0. The summed E-state index contributed by atoms with van der Waals surface area (Å²) in [4.78, 5) is 3.87. The van der Waals surface area contributed by atoms with Crippen molar-refractivity contribution in [2.45, 2.75) is 19.6 Å². The summed E-state index contributed by atoms with van der Waals surface area (Å²) in [6, 6.07) is 6.45. The van der Waals surface area contributed by atoms with Crippen molar-refractivity contribution in [1.29, 1.82) is 0 Å². The predicted octanol–water partition coefficient (Wildman–Crippen LogP) is 1.96. The molecule has 1 aliphatic rings. The molecule has 0 saturated carbocycles. The van der Waals surface area contributed by atoms with Crippen molar-refractivity contribution in [2.75, 3.05) is 6.61 Å². The van der Waals surface area contributed by atoms with Crippen LogP contribution in [0.1, 0.15) is 16.7 Å². The second kappa shape index (κ2) is 3.71. The Morgan fingerprint density at radius 1 is 1.38 bits per heavy atom. The lowest BCUT2D eigenvalue weighted by atomic mass is 10.0. The fourth-order valence-corrected chi connectivity index (χ4v) is 1.64. The Hall–Kier alpha value is -1.15. The molecular formula is C11H13NO. The summed E-state index contributed by atoms with van der Waals surface area (Å²) in [5.74, 6) is 0. The molecule has 1 aromatic rings. The predicted molar refractivity (Wildman–Crippen MR) is 53.1 cm³/mol. The van der Waals surface area contributed by atoms with Gasteiger partial charge in [-0.05, 0) is 29.8 Å². The second-order valence-electron chi connectivity index (χ2n) is 3.29. The van der Waals surface area contributed by atoms with Gasteiger partial charge >= 0.3 is 0 Å². The van der Waals surface area contributed by atoms with Gasteiger partial charge in [0.15, 0.2) is 0 Å². The Kier molecular flexibility index (Phi) is 2.41. The molecule has 1 aliphatic heterocycles. The minimum absolute atomic E-state index is 0.716. The molecule has 0 N–H and O–H groups in total. The molecule has 2 heteroatoms. The van der Waals surface area contributed by atoms with Gasteiger partial charge in [-0.25, -0.2) is 0 Å². The monoisotopic (exact) mass is 175 g/mol. The maximum atomic E-state index is 5.36. The third-order valence-electron chi connectivity index (χ3n) is 2.34. The van der Waals surface area contributed by atoms with Crippen molar-refractivity contribution in [3.05, 3.63) is 34.9 Å². The first-order chi connectivity index (χ1) is 6.40. The largest absolute Gasteiger partial charge is 0.376 e. The topological polar surface area (TPSA) is 21.6 Å². The minimum atomic E-state index is 0.716. The molecule has 0 fully saturated rings. The molecule has 0 bridgehead atoms. The van der Waals surface area contributed by atoms with Gasteiger partial charge in [0.05, 0.1) is 19.8 Å². The van der Waals surface area contributed by atoms with Crippen LogP contribution in [0.2, 0.25) is 0 Å². The van der Waals surface area contributed by atoms with E-state index in [1.165, 1.54) is 16.7 Å². The van der Waals surface area contributed by atoms with E-state index >= 15 is 0 Å². The summed E-state index contributed by atoms with van der Waals surface area (Å²) in [5.41, 5.74) is 3.97. The lowest BCUT2D eigenvalue weighted by Gasteiger charge is -2.16. The van der Waals surface area contributed by atoms with Gasteiger partial charge in [-0.2, -0.15) is 0 Å². The highest BCUT2D eigenvalue weighted by Crippen LogP contribution is 2.18. The van der Waals surface area contributed by atoms with Gasteiger partial charge in [-0.1, -0.05) is 18.2 Å². The van der Waals surface area contributed by atoms with Crippen molar-refractivity contribution in [3.8, 4) is 0 Å². The molecule has 68 valence electrons. The maximum Gasteiger partial charge on any atom is 0.0719 e. The number of rotatable bonds is 2. The number of fused-ring (bicyclic) bond motifs is 1. The Bertz CT molecular complexity index is 320. The third-order valence-corrected chi connectivity index (χ3v) is 2.34. The standard InChI is InChI=1S/C11H13NO/c1-12-7-9-2-3-11-8-13-5-4-10(11)6-9/h2-3,6H,1,4-5,7-8H2. The number of ether oxygens (including phenoxy) is 1. The van der Waals surface area contributed by atoms with E-state index in [4.69, 9.17) is 4.74 Å². The van der Waals surface area contributed by atoms with Crippen molar-refractivity contribution in [3.63, 3.8) is 0 Å². The lowest BCUT2D eigenvalue weighted by Crippen LogP contribution is -2.09. The van der Waals surface area contributed by atoms with Gasteiger partial charge in [-0.15, -0.1) is 0 Å². The number of hydrogen-bond acceptors (Lipinski definition) is 2. The van der Waals surface area contributed by atoms with Gasteiger partial charge in [-0.3, -0.25) is 4.99 Å². The highest BCUT2D eigenvalue weighted by Gasteiger charge is 2.08. The summed E-state index contributed by atoms with van der Waals surface area (Å²) in [7, 11) is 0. The maximum absolute atomic E-state index is 5.36. The van der Waals surface area contributed by atoms with E-state index in [2.05, 4.69) is 29.9 Å². The molecule has 0 radical (unpaired) electrons. The molecule has 0 amide bonds. The van der Waals surface area contributed by atoms with Crippen molar-refractivity contribution >= 4 is 6.72 Å². The zero-order valence-corrected chi connectivity index (χ0v) is 7.62. The van der Waals surface area contributed by atoms with Crippen molar-refractivity contribution in [2.24, 2.45) is 4.99 Å². The molecule has 0 saturated heterocycles. The van der Waals surface area contributed by atoms with Crippen molar-refractivity contribution < 1.29 is 4.74 Å². The van der Waals surface area contributed by atoms with Crippen molar-refractivity contribution in [1.82, 2.24) is 0 Å². The summed E-state index contributed by atoms with van der Waals surface area (Å²) in [6.45, 7) is 5.82. The Morgan fingerprint density at radius 3 is 3.15 bits per heavy atom. The highest BCUT2D eigenvalue weighted by atomic mass is 16.5. The molecule has 0 aromatic heterocycles. The van der Waals surface area contributed by atoms with E-state index in [-0.39, 0.29) is 0 Å². The number of benzene rings is 1. The van der Waals surface area contributed by atoms with E-state index in [1.54, 1.807) is 0 Å². The molecular weight excluding hydrogens is 162 g/mol. The Balaban J connectivity index is 2.29. The van der Waals surface area contributed by atoms with Crippen LogP contribution in [0.3, 0.4) is 0 Å². The van der Waals surface area contributed by atoms with E-state index in [0.29, 0.717) is 6.54 Å². The van der Waals surface area contributed by atoms with Crippen LogP contribution in [0.25, 0.3) is 0 Å². The Labute approximate surface area is 78.3 Å². The average Bonchev–Trinajstić information content (AvgIpc) is 2.18. The molecule has 0 spiro atoms. The highest BCUT2D eigenvalue weighted by molar-refractivity contribution is 5.34. The quantitative estimate of drug-likeness (QED) is 0.630. The zero-order chi connectivity index (χ0) is 9.10. The summed E-state index contributed by atoms with van der Waals surface area (Å²) in [5, 5.41) is 0. The first-order valence-corrected chi connectivity index (χ1v) is 4.51. The van der Waals surface area contributed by atoms with E-state index < -0.39 is 0 Å². The number of aliphatic imine (C=N–C) groups is 1. The van der Waals surface area contributed by atoms with Crippen LogP contribution in [0, 0.1) is 0 Å². The normalized spacial score (nSPS) is 15.1. The summed E-state index contributed by atoms with van der Waals surface area (Å²) < 4.78 is 5.36. The molecule has 0 atom stereocenters. The fourth-order valence-electron chi connectivity index (χ4n) is 1.64. The van der Waals surface area contributed by atoms with E-state index in [1.807, 2.05) is 0 Å². The SMILES string of the molecule is C=NCc1ccc2c(c1)CCOC2.